The Hall–Kier alpha value is -2.18. The average molecular weight is 342 g/mol. The number of ether oxygens (including phenoxy) is 1. The Balaban J connectivity index is 1.65. The van der Waals surface area contributed by atoms with Crippen molar-refractivity contribution in [2.75, 3.05) is 44.8 Å². The number of nitrogens with zero attached hydrogens (tertiary/aromatic N) is 4. The average Bonchev–Trinajstić information content (AvgIpc) is 2.68. The molecule has 0 radical (unpaired) electrons. The van der Waals surface area contributed by atoms with Crippen LogP contribution >= 0.6 is 0 Å². The van der Waals surface area contributed by atoms with Crippen LogP contribution < -0.4 is 9.64 Å². The quantitative estimate of drug-likeness (QED) is 0.825. The number of piperazine rings is 1. The SMILES string of the molecule is COc1nccnc1N1CCN(CCc2ccccc2)[C@H](CCO)C1. The van der Waals surface area contributed by atoms with Gasteiger partial charge in [-0.25, -0.2) is 9.97 Å². The molecular formula is C19H26N4O2. The first-order valence-electron chi connectivity index (χ1n) is 8.80. The number of aliphatic hydroxyl groups is 1. The molecule has 1 saturated heterocycles. The van der Waals surface area contributed by atoms with Gasteiger partial charge in [0.25, 0.3) is 5.88 Å². The summed E-state index contributed by atoms with van der Waals surface area (Å²) in [6.45, 7) is 3.84. The van der Waals surface area contributed by atoms with Crippen LogP contribution in [0.3, 0.4) is 0 Å². The number of methoxy groups -OCH3 is 1. The molecule has 25 heavy (non-hydrogen) atoms. The van der Waals surface area contributed by atoms with Gasteiger partial charge in [-0.3, -0.25) is 4.90 Å². The highest BCUT2D eigenvalue weighted by atomic mass is 16.5. The van der Waals surface area contributed by atoms with Gasteiger partial charge in [-0.05, 0) is 18.4 Å². The summed E-state index contributed by atoms with van der Waals surface area (Å²) >= 11 is 0. The number of aliphatic hydroxyl groups excluding tert-OH is 1. The van der Waals surface area contributed by atoms with Gasteiger partial charge >= 0.3 is 0 Å². The first-order chi connectivity index (χ1) is 12.3. The van der Waals surface area contributed by atoms with E-state index in [0.717, 1.165) is 44.8 Å². The number of benzene rings is 1. The molecule has 1 aliphatic heterocycles. The molecule has 0 spiro atoms. The Labute approximate surface area is 149 Å². The second-order valence-corrected chi connectivity index (χ2v) is 6.27. The lowest BCUT2D eigenvalue weighted by molar-refractivity contribution is 0.143. The summed E-state index contributed by atoms with van der Waals surface area (Å²) in [6.07, 6.45) is 5.12. The fourth-order valence-electron chi connectivity index (χ4n) is 3.40. The summed E-state index contributed by atoms with van der Waals surface area (Å²) in [5.41, 5.74) is 1.35. The van der Waals surface area contributed by atoms with E-state index in [4.69, 9.17) is 4.74 Å². The molecule has 2 aromatic rings. The number of rotatable bonds is 7. The summed E-state index contributed by atoms with van der Waals surface area (Å²) < 4.78 is 5.35. The van der Waals surface area contributed by atoms with Crippen LogP contribution in [0.25, 0.3) is 0 Å². The molecule has 0 bridgehead atoms. The van der Waals surface area contributed by atoms with Crippen molar-refractivity contribution < 1.29 is 9.84 Å². The molecular weight excluding hydrogens is 316 g/mol. The van der Waals surface area contributed by atoms with Gasteiger partial charge < -0.3 is 14.7 Å². The highest BCUT2D eigenvalue weighted by Gasteiger charge is 2.28. The minimum absolute atomic E-state index is 0.192. The second kappa shape index (κ2) is 8.78. The first-order valence-corrected chi connectivity index (χ1v) is 8.80. The summed E-state index contributed by atoms with van der Waals surface area (Å²) in [5, 5.41) is 9.48. The van der Waals surface area contributed by atoms with Crippen molar-refractivity contribution in [1.29, 1.82) is 0 Å². The number of anilines is 1. The van der Waals surface area contributed by atoms with Crippen molar-refractivity contribution in [3.63, 3.8) is 0 Å². The van der Waals surface area contributed by atoms with Gasteiger partial charge in [-0.2, -0.15) is 0 Å². The minimum Gasteiger partial charge on any atom is -0.478 e. The largest absolute Gasteiger partial charge is 0.478 e. The summed E-state index contributed by atoms with van der Waals surface area (Å²) in [6, 6.07) is 10.8. The second-order valence-electron chi connectivity index (χ2n) is 6.27. The van der Waals surface area contributed by atoms with Gasteiger partial charge in [0.1, 0.15) is 0 Å². The zero-order chi connectivity index (χ0) is 17.5. The molecule has 0 amide bonds. The van der Waals surface area contributed by atoms with Crippen LogP contribution in [0.1, 0.15) is 12.0 Å². The van der Waals surface area contributed by atoms with E-state index in [1.807, 2.05) is 6.07 Å². The molecule has 1 fully saturated rings. The maximum atomic E-state index is 9.48. The van der Waals surface area contributed by atoms with Crippen molar-refractivity contribution in [3.8, 4) is 5.88 Å². The summed E-state index contributed by atoms with van der Waals surface area (Å²) in [7, 11) is 1.62. The van der Waals surface area contributed by atoms with Crippen molar-refractivity contribution in [1.82, 2.24) is 14.9 Å². The molecule has 1 aromatic heterocycles. The van der Waals surface area contributed by atoms with Gasteiger partial charge in [0, 0.05) is 51.2 Å². The van der Waals surface area contributed by atoms with Crippen LogP contribution in [0.2, 0.25) is 0 Å². The van der Waals surface area contributed by atoms with E-state index in [2.05, 4.69) is 44.0 Å². The third kappa shape index (κ3) is 4.46. The zero-order valence-electron chi connectivity index (χ0n) is 14.7. The molecule has 6 heteroatoms. The molecule has 0 saturated carbocycles. The molecule has 2 heterocycles. The van der Waals surface area contributed by atoms with E-state index in [1.165, 1.54) is 5.56 Å². The number of hydrogen-bond donors (Lipinski definition) is 1. The van der Waals surface area contributed by atoms with E-state index >= 15 is 0 Å². The molecule has 134 valence electrons. The molecule has 1 N–H and O–H groups in total. The Morgan fingerprint density at radius 3 is 2.72 bits per heavy atom. The maximum absolute atomic E-state index is 9.48. The van der Waals surface area contributed by atoms with Crippen molar-refractivity contribution in [2.24, 2.45) is 0 Å². The van der Waals surface area contributed by atoms with Gasteiger partial charge in [0.2, 0.25) is 0 Å². The lowest BCUT2D eigenvalue weighted by Gasteiger charge is -2.42. The summed E-state index contributed by atoms with van der Waals surface area (Å²) in [4.78, 5) is 13.4. The third-order valence-corrected chi connectivity index (χ3v) is 4.74. The predicted molar refractivity (Wildman–Crippen MR) is 98.0 cm³/mol. The topological polar surface area (TPSA) is 61.7 Å². The van der Waals surface area contributed by atoms with Crippen molar-refractivity contribution in [3.05, 3.63) is 48.3 Å². The zero-order valence-corrected chi connectivity index (χ0v) is 14.7. The Morgan fingerprint density at radius 1 is 1.16 bits per heavy atom. The molecule has 0 unspecified atom stereocenters. The van der Waals surface area contributed by atoms with Crippen LogP contribution in [-0.2, 0) is 6.42 Å². The minimum atomic E-state index is 0.192. The van der Waals surface area contributed by atoms with E-state index in [9.17, 15) is 5.11 Å². The van der Waals surface area contributed by atoms with E-state index in [0.29, 0.717) is 11.9 Å². The van der Waals surface area contributed by atoms with E-state index in [-0.39, 0.29) is 6.61 Å². The lowest BCUT2D eigenvalue weighted by atomic mass is 10.1. The monoisotopic (exact) mass is 342 g/mol. The highest BCUT2D eigenvalue weighted by molar-refractivity contribution is 5.48. The van der Waals surface area contributed by atoms with Crippen LogP contribution in [0.15, 0.2) is 42.7 Å². The van der Waals surface area contributed by atoms with E-state index in [1.54, 1.807) is 19.5 Å². The van der Waals surface area contributed by atoms with Crippen molar-refractivity contribution >= 4 is 5.82 Å². The fourth-order valence-corrected chi connectivity index (χ4v) is 3.40. The predicted octanol–water partition coefficient (Wildman–Crippen LogP) is 1.60. The van der Waals surface area contributed by atoms with Crippen LogP contribution in [0.5, 0.6) is 5.88 Å². The number of hydrogen-bond acceptors (Lipinski definition) is 6. The van der Waals surface area contributed by atoms with Gasteiger partial charge in [-0.1, -0.05) is 30.3 Å². The molecule has 1 aromatic carbocycles. The van der Waals surface area contributed by atoms with Gasteiger partial charge in [0.05, 0.1) is 7.11 Å². The normalized spacial score (nSPS) is 18.3. The molecule has 1 aliphatic rings. The Morgan fingerprint density at radius 2 is 1.96 bits per heavy atom. The van der Waals surface area contributed by atoms with Crippen molar-refractivity contribution in [2.45, 2.75) is 18.9 Å². The Bertz CT molecular complexity index is 653. The van der Waals surface area contributed by atoms with Gasteiger partial charge in [0.15, 0.2) is 5.82 Å². The van der Waals surface area contributed by atoms with Crippen LogP contribution in [0.4, 0.5) is 5.82 Å². The highest BCUT2D eigenvalue weighted by Crippen LogP contribution is 2.25. The van der Waals surface area contributed by atoms with Crippen LogP contribution in [-0.4, -0.2) is 65.9 Å². The lowest BCUT2D eigenvalue weighted by Crippen LogP contribution is -2.54. The standard InChI is InChI=1S/C19H26N4O2/c1-25-19-18(20-9-10-21-19)23-13-12-22(17(15-23)8-14-24)11-7-16-5-3-2-4-6-16/h2-6,9-10,17,24H,7-8,11-15H2,1H3/t17-/m1/s1. The molecule has 6 nitrogen and oxygen atoms in total. The first kappa shape index (κ1) is 17.6. The number of aromatic nitrogens is 2. The fraction of sp³-hybridized carbons (Fsp3) is 0.474. The molecule has 1 atom stereocenters. The van der Waals surface area contributed by atoms with Crippen LogP contribution in [0, 0.1) is 0 Å². The Kier molecular flexibility index (Phi) is 6.19. The van der Waals surface area contributed by atoms with Gasteiger partial charge in [-0.15, -0.1) is 0 Å². The molecule has 3 rings (SSSR count). The summed E-state index contributed by atoms with van der Waals surface area (Å²) in [5.74, 6) is 1.35. The van der Waals surface area contributed by atoms with E-state index < -0.39 is 0 Å². The maximum Gasteiger partial charge on any atom is 0.257 e. The molecule has 0 aliphatic carbocycles. The third-order valence-electron chi connectivity index (χ3n) is 4.74. The smallest absolute Gasteiger partial charge is 0.257 e.